The standard InChI is InChI=1S/C13H18FNO3/c1-13(2,17)12(16)15(3)8-9-5-6-11(18-4)10(14)7-9/h5-7,17H,8H2,1-4H3. The van der Waals surface area contributed by atoms with Crippen molar-refractivity contribution < 1.29 is 19.0 Å². The van der Waals surface area contributed by atoms with Gasteiger partial charge in [-0.3, -0.25) is 4.79 Å². The normalized spacial score (nSPS) is 11.2. The summed E-state index contributed by atoms with van der Waals surface area (Å²) in [5, 5.41) is 9.59. The van der Waals surface area contributed by atoms with Crippen LogP contribution in [-0.4, -0.2) is 35.7 Å². The number of ether oxygens (including phenoxy) is 1. The van der Waals surface area contributed by atoms with Crippen molar-refractivity contribution in [1.29, 1.82) is 0 Å². The first-order valence-corrected chi connectivity index (χ1v) is 5.56. The fourth-order valence-corrected chi connectivity index (χ4v) is 1.62. The first-order valence-electron chi connectivity index (χ1n) is 5.56. The van der Waals surface area contributed by atoms with Gasteiger partial charge in [0.25, 0.3) is 5.91 Å². The maximum atomic E-state index is 13.5. The fraction of sp³-hybridized carbons (Fsp3) is 0.462. The number of hydrogen-bond acceptors (Lipinski definition) is 3. The molecule has 18 heavy (non-hydrogen) atoms. The fourth-order valence-electron chi connectivity index (χ4n) is 1.62. The van der Waals surface area contributed by atoms with Gasteiger partial charge in [0.2, 0.25) is 0 Å². The average Bonchev–Trinajstić information content (AvgIpc) is 2.27. The summed E-state index contributed by atoms with van der Waals surface area (Å²) in [5.74, 6) is -0.729. The van der Waals surface area contributed by atoms with Crippen LogP contribution in [-0.2, 0) is 11.3 Å². The zero-order valence-corrected chi connectivity index (χ0v) is 11.0. The zero-order chi connectivity index (χ0) is 13.9. The van der Waals surface area contributed by atoms with Crippen molar-refractivity contribution in [2.45, 2.75) is 26.0 Å². The molecule has 0 radical (unpaired) electrons. The van der Waals surface area contributed by atoms with Crippen molar-refractivity contribution >= 4 is 5.91 Å². The Bertz CT molecular complexity index is 440. The van der Waals surface area contributed by atoms with Crippen LogP contribution in [0.3, 0.4) is 0 Å². The third-order valence-electron chi connectivity index (χ3n) is 2.51. The molecule has 0 heterocycles. The Hall–Kier alpha value is -1.62. The van der Waals surface area contributed by atoms with Crippen molar-refractivity contribution in [3.05, 3.63) is 29.6 Å². The highest BCUT2D eigenvalue weighted by atomic mass is 19.1. The summed E-state index contributed by atoms with van der Waals surface area (Å²) < 4.78 is 18.3. The van der Waals surface area contributed by atoms with E-state index >= 15 is 0 Å². The molecule has 1 N–H and O–H groups in total. The quantitative estimate of drug-likeness (QED) is 0.888. The number of halogens is 1. The Morgan fingerprint density at radius 2 is 2.11 bits per heavy atom. The molecule has 0 aliphatic carbocycles. The van der Waals surface area contributed by atoms with Gasteiger partial charge >= 0.3 is 0 Å². The molecule has 0 aromatic heterocycles. The van der Waals surface area contributed by atoms with E-state index in [0.29, 0.717) is 5.56 Å². The third kappa shape index (κ3) is 3.43. The molecule has 0 atom stereocenters. The van der Waals surface area contributed by atoms with Crippen molar-refractivity contribution in [3.8, 4) is 5.75 Å². The van der Waals surface area contributed by atoms with Gasteiger partial charge in [-0.15, -0.1) is 0 Å². The highest BCUT2D eigenvalue weighted by molar-refractivity contribution is 5.83. The van der Waals surface area contributed by atoms with E-state index in [1.807, 2.05) is 0 Å². The topological polar surface area (TPSA) is 49.8 Å². The molecule has 0 saturated carbocycles. The van der Waals surface area contributed by atoms with Crippen LogP contribution in [0.5, 0.6) is 5.75 Å². The van der Waals surface area contributed by atoms with Gasteiger partial charge in [-0.1, -0.05) is 6.07 Å². The SMILES string of the molecule is COc1ccc(CN(C)C(=O)C(C)(C)O)cc1F. The lowest BCUT2D eigenvalue weighted by molar-refractivity contribution is -0.146. The average molecular weight is 255 g/mol. The molecule has 0 aliphatic heterocycles. The van der Waals surface area contributed by atoms with Crippen LogP contribution in [0.1, 0.15) is 19.4 Å². The second-order valence-electron chi connectivity index (χ2n) is 4.69. The maximum absolute atomic E-state index is 13.5. The molecule has 1 rings (SSSR count). The van der Waals surface area contributed by atoms with Gasteiger partial charge in [-0.2, -0.15) is 0 Å². The number of benzene rings is 1. The number of methoxy groups -OCH3 is 1. The van der Waals surface area contributed by atoms with Gasteiger partial charge in [0.15, 0.2) is 11.6 Å². The van der Waals surface area contributed by atoms with Gasteiger partial charge in [0.05, 0.1) is 7.11 Å². The first-order chi connectivity index (χ1) is 8.25. The van der Waals surface area contributed by atoms with Gasteiger partial charge < -0.3 is 14.7 Å². The molecule has 5 heteroatoms. The predicted molar refractivity (Wildman–Crippen MR) is 65.7 cm³/mol. The molecular formula is C13H18FNO3. The number of amides is 1. The van der Waals surface area contributed by atoms with Gasteiger partial charge in [0.1, 0.15) is 5.60 Å². The summed E-state index contributed by atoms with van der Waals surface area (Å²) in [6.45, 7) is 3.06. The number of carbonyl (C=O) groups is 1. The molecule has 4 nitrogen and oxygen atoms in total. The number of nitrogens with zero attached hydrogens (tertiary/aromatic N) is 1. The van der Waals surface area contributed by atoms with Gasteiger partial charge in [-0.05, 0) is 31.5 Å². The van der Waals surface area contributed by atoms with Crippen LogP contribution in [0.25, 0.3) is 0 Å². The predicted octanol–water partition coefficient (Wildman–Crippen LogP) is 1.56. The number of rotatable bonds is 4. The molecule has 0 aliphatic rings. The monoisotopic (exact) mass is 255 g/mol. The van der Waals surface area contributed by atoms with Gasteiger partial charge in [-0.25, -0.2) is 4.39 Å². The highest BCUT2D eigenvalue weighted by Gasteiger charge is 2.27. The van der Waals surface area contributed by atoms with E-state index < -0.39 is 17.3 Å². The second-order valence-corrected chi connectivity index (χ2v) is 4.69. The summed E-state index contributed by atoms with van der Waals surface area (Å²) in [6, 6.07) is 4.50. The van der Waals surface area contributed by atoms with Crippen molar-refractivity contribution in [1.82, 2.24) is 4.90 Å². The third-order valence-corrected chi connectivity index (χ3v) is 2.51. The van der Waals surface area contributed by atoms with E-state index in [1.54, 1.807) is 13.1 Å². The maximum Gasteiger partial charge on any atom is 0.253 e. The minimum Gasteiger partial charge on any atom is -0.494 e. The lowest BCUT2D eigenvalue weighted by Gasteiger charge is -2.25. The largest absolute Gasteiger partial charge is 0.494 e. The molecule has 1 aromatic carbocycles. The van der Waals surface area contributed by atoms with Crippen LogP contribution in [0.2, 0.25) is 0 Å². The molecule has 0 saturated heterocycles. The van der Waals surface area contributed by atoms with Crippen LogP contribution < -0.4 is 4.74 Å². The van der Waals surface area contributed by atoms with E-state index in [1.165, 1.54) is 38.0 Å². The van der Waals surface area contributed by atoms with E-state index in [9.17, 15) is 14.3 Å². The Balaban J connectivity index is 2.80. The number of likely N-dealkylation sites (N-methyl/N-ethyl adjacent to an activating group) is 1. The van der Waals surface area contributed by atoms with Crippen LogP contribution >= 0.6 is 0 Å². The summed E-state index contributed by atoms with van der Waals surface area (Å²) in [5.41, 5.74) is -0.798. The Morgan fingerprint density at radius 1 is 1.50 bits per heavy atom. The number of hydrogen-bond donors (Lipinski definition) is 1. The van der Waals surface area contributed by atoms with Crippen molar-refractivity contribution in [2.24, 2.45) is 0 Å². The highest BCUT2D eigenvalue weighted by Crippen LogP contribution is 2.19. The summed E-state index contributed by atoms with van der Waals surface area (Å²) in [6.07, 6.45) is 0. The van der Waals surface area contributed by atoms with E-state index in [4.69, 9.17) is 4.74 Å². The van der Waals surface area contributed by atoms with Crippen LogP contribution in [0, 0.1) is 5.82 Å². The minimum atomic E-state index is -1.43. The summed E-state index contributed by atoms with van der Waals surface area (Å²) in [7, 11) is 2.95. The number of carbonyl (C=O) groups excluding carboxylic acids is 1. The molecule has 100 valence electrons. The van der Waals surface area contributed by atoms with Gasteiger partial charge in [0, 0.05) is 13.6 Å². The summed E-state index contributed by atoms with van der Waals surface area (Å²) >= 11 is 0. The Labute approximate surface area is 106 Å². The van der Waals surface area contributed by atoms with E-state index in [0.717, 1.165) is 0 Å². The lowest BCUT2D eigenvalue weighted by atomic mass is 10.1. The molecule has 0 spiro atoms. The molecule has 0 fully saturated rings. The Morgan fingerprint density at radius 3 is 2.56 bits per heavy atom. The lowest BCUT2D eigenvalue weighted by Crippen LogP contribution is -2.42. The molecule has 1 amide bonds. The van der Waals surface area contributed by atoms with E-state index in [2.05, 4.69) is 0 Å². The smallest absolute Gasteiger partial charge is 0.253 e. The van der Waals surface area contributed by atoms with E-state index in [-0.39, 0.29) is 12.3 Å². The number of aliphatic hydroxyl groups is 1. The summed E-state index contributed by atoms with van der Waals surface area (Å²) in [4.78, 5) is 13.1. The van der Waals surface area contributed by atoms with Crippen molar-refractivity contribution in [3.63, 3.8) is 0 Å². The van der Waals surface area contributed by atoms with Crippen molar-refractivity contribution in [2.75, 3.05) is 14.2 Å². The van der Waals surface area contributed by atoms with Crippen LogP contribution in [0.4, 0.5) is 4.39 Å². The second kappa shape index (κ2) is 5.35. The minimum absolute atomic E-state index is 0.162. The molecule has 0 bridgehead atoms. The molecule has 1 aromatic rings. The first kappa shape index (κ1) is 14.4. The van der Waals surface area contributed by atoms with Crippen LogP contribution in [0.15, 0.2) is 18.2 Å². The Kier molecular flexibility index (Phi) is 4.29. The molecular weight excluding hydrogens is 237 g/mol. The molecule has 0 unspecified atom stereocenters. The zero-order valence-electron chi connectivity index (χ0n) is 11.0.